The standard InChI is InChI=1S/C19H16N6/c1-3-11-9-22-19-16(11)18-15(10(2)23-19)17(24-25-18)12-4-5-13-14(8-12)21-7-6-20-13/h4-9,24-25H,3H2,1-2H3. The Morgan fingerprint density at radius 2 is 1.80 bits per heavy atom. The summed E-state index contributed by atoms with van der Waals surface area (Å²) in [5.74, 6) is 0. The lowest BCUT2D eigenvalue weighted by Crippen LogP contribution is -1.89. The lowest BCUT2D eigenvalue weighted by atomic mass is 10.0. The molecule has 5 aromatic rings. The number of aryl methyl sites for hydroxylation is 2. The van der Waals surface area contributed by atoms with E-state index < -0.39 is 0 Å². The molecule has 5 rings (SSSR count). The van der Waals surface area contributed by atoms with Crippen molar-refractivity contribution in [3.63, 3.8) is 0 Å². The van der Waals surface area contributed by atoms with E-state index in [1.807, 2.05) is 19.2 Å². The van der Waals surface area contributed by atoms with E-state index >= 15 is 0 Å². The van der Waals surface area contributed by atoms with Crippen LogP contribution in [0.5, 0.6) is 0 Å². The van der Waals surface area contributed by atoms with Crippen molar-refractivity contribution in [1.29, 1.82) is 0 Å². The van der Waals surface area contributed by atoms with Crippen molar-refractivity contribution in [2.24, 2.45) is 0 Å². The summed E-state index contributed by atoms with van der Waals surface area (Å²) in [6.45, 7) is 4.16. The highest BCUT2D eigenvalue weighted by Gasteiger charge is 2.17. The fourth-order valence-electron chi connectivity index (χ4n) is 3.51. The number of aromatic amines is 2. The molecule has 0 amide bonds. The maximum absolute atomic E-state index is 4.71. The number of nitrogens with one attached hydrogen (secondary N) is 2. The van der Waals surface area contributed by atoms with Gasteiger partial charge in [-0.25, -0.2) is 9.97 Å². The molecule has 2 N–H and O–H groups in total. The molecule has 25 heavy (non-hydrogen) atoms. The highest BCUT2D eigenvalue weighted by atomic mass is 15.1. The zero-order chi connectivity index (χ0) is 17.0. The van der Waals surface area contributed by atoms with Crippen molar-refractivity contribution in [3.8, 4) is 11.3 Å². The molecular weight excluding hydrogens is 312 g/mol. The van der Waals surface area contributed by atoms with Crippen molar-refractivity contribution in [3.05, 3.63) is 48.0 Å². The van der Waals surface area contributed by atoms with Crippen LogP contribution in [-0.2, 0) is 6.42 Å². The lowest BCUT2D eigenvalue weighted by molar-refractivity contribution is 1.12. The maximum Gasteiger partial charge on any atom is 0.161 e. The van der Waals surface area contributed by atoms with Crippen LogP contribution in [0.15, 0.2) is 36.8 Å². The first-order valence-corrected chi connectivity index (χ1v) is 8.31. The Labute approximate surface area is 143 Å². The molecule has 1 aromatic carbocycles. The predicted molar refractivity (Wildman–Crippen MR) is 98.4 cm³/mol. The second-order valence-electron chi connectivity index (χ2n) is 6.17. The van der Waals surface area contributed by atoms with E-state index in [0.29, 0.717) is 0 Å². The molecule has 6 heteroatoms. The molecule has 0 saturated heterocycles. The van der Waals surface area contributed by atoms with Gasteiger partial charge in [-0.2, -0.15) is 0 Å². The minimum absolute atomic E-state index is 0.799. The van der Waals surface area contributed by atoms with Crippen LogP contribution in [0.3, 0.4) is 0 Å². The number of hydrogen-bond acceptors (Lipinski definition) is 4. The first-order chi connectivity index (χ1) is 12.3. The third kappa shape index (κ3) is 1.97. The van der Waals surface area contributed by atoms with Crippen molar-refractivity contribution in [1.82, 2.24) is 30.1 Å². The number of aromatic nitrogens is 6. The Balaban J connectivity index is 1.84. The molecule has 0 atom stereocenters. The normalized spacial score (nSPS) is 11.8. The van der Waals surface area contributed by atoms with E-state index in [9.17, 15) is 0 Å². The third-order valence-corrected chi connectivity index (χ3v) is 4.72. The minimum atomic E-state index is 0.799. The zero-order valence-corrected chi connectivity index (χ0v) is 14.0. The fraction of sp³-hybridized carbons (Fsp3) is 0.158. The van der Waals surface area contributed by atoms with Crippen molar-refractivity contribution in [2.45, 2.75) is 20.3 Å². The van der Waals surface area contributed by atoms with Crippen molar-refractivity contribution >= 4 is 33.0 Å². The Kier molecular flexibility index (Phi) is 2.88. The molecule has 0 aliphatic carbocycles. The molecule has 0 aliphatic heterocycles. The SMILES string of the molecule is CCc1cnc2nc(C)c3c(-c4ccc5nccnc5c4)[nH][nH]c3c12. The van der Waals surface area contributed by atoms with Crippen molar-refractivity contribution < 1.29 is 0 Å². The first-order valence-electron chi connectivity index (χ1n) is 8.31. The average molecular weight is 328 g/mol. The fourth-order valence-corrected chi connectivity index (χ4v) is 3.51. The van der Waals surface area contributed by atoms with Crippen LogP contribution in [-0.4, -0.2) is 30.1 Å². The van der Waals surface area contributed by atoms with Gasteiger partial charge in [0.2, 0.25) is 0 Å². The van der Waals surface area contributed by atoms with Gasteiger partial charge >= 0.3 is 0 Å². The van der Waals surface area contributed by atoms with Gasteiger partial charge in [0, 0.05) is 34.9 Å². The number of rotatable bonds is 2. The number of pyridine rings is 1. The molecule has 6 nitrogen and oxygen atoms in total. The molecule has 122 valence electrons. The molecule has 0 bridgehead atoms. The van der Waals surface area contributed by atoms with Crippen LogP contribution in [0.1, 0.15) is 18.2 Å². The molecule has 0 spiro atoms. The minimum Gasteiger partial charge on any atom is -0.299 e. The quantitative estimate of drug-likeness (QED) is 0.514. The number of fused-ring (bicyclic) bond motifs is 4. The molecule has 4 heterocycles. The third-order valence-electron chi connectivity index (χ3n) is 4.72. The molecular formula is C19H16N6. The zero-order valence-electron chi connectivity index (χ0n) is 14.0. The van der Waals surface area contributed by atoms with Gasteiger partial charge in [0.25, 0.3) is 0 Å². The van der Waals surface area contributed by atoms with E-state index in [4.69, 9.17) is 4.98 Å². The van der Waals surface area contributed by atoms with Crippen LogP contribution in [0.2, 0.25) is 0 Å². The van der Waals surface area contributed by atoms with E-state index in [1.54, 1.807) is 12.4 Å². The smallest absolute Gasteiger partial charge is 0.161 e. The molecule has 0 aliphatic rings. The van der Waals surface area contributed by atoms with Crippen molar-refractivity contribution in [2.75, 3.05) is 0 Å². The largest absolute Gasteiger partial charge is 0.299 e. The van der Waals surface area contributed by atoms with Gasteiger partial charge in [0.15, 0.2) is 5.65 Å². The number of benzene rings is 1. The van der Waals surface area contributed by atoms with Gasteiger partial charge in [-0.15, -0.1) is 0 Å². The maximum atomic E-state index is 4.71. The summed E-state index contributed by atoms with van der Waals surface area (Å²) < 4.78 is 0. The predicted octanol–water partition coefficient (Wildman–Crippen LogP) is 3.92. The number of nitrogens with zero attached hydrogens (tertiary/aromatic N) is 4. The Hall–Kier alpha value is -3.28. The summed E-state index contributed by atoms with van der Waals surface area (Å²) in [6, 6.07) is 6.10. The van der Waals surface area contributed by atoms with E-state index in [1.165, 1.54) is 5.56 Å². The van der Waals surface area contributed by atoms with Crippen LogP contribution < -0.4 is 0 Å². The second kappa shape index (κ2) is 5.11. The van der Waals surface area contributed by atoms with Gasteiger partial charge < -0.3 is 0 Å². The summed E-state index contributed by atoms with van der Waals surface area (Å²) >= 11 is 0. The topological polar surface area (TPSA) is 83.1 Å². The van der Waals surface area contributed by atoms with E-state index in [2.05, 4.69) is 44.2 Å². The number of H-pyrrole nitrogens is 2. The van der Waals surface area contributed by atoms with Crippen LogP contribution >= 0.6 is 0 Å². The Bertz CT molecular complexity index is 1250. The van der Waals surface area contributed by atoms with E-state index in [0.717, 1.165) is 56.3 Å². The highest BCUT2D eigenvalue weighted by Crippen LogP contribution is 2.34. The van der Waals surface area contributed by atoms with Gasteiger partial charge in [0.05, 0.1) is 27.9 Å². The molecule has 0 unspecified atom stereocenters. The molecule has 0 fully saturated rings. The second-order valence-corrected chi connectivity index (χ2v) is 6.17. The van der Waals surface area contributed by atoms with Gasteiger partial charge in [0.1, 0.15) is 0 Å². The summed E-state index contributed by atoms with van der Waals surface area (Å²) in [5, 5.41) is 8.86. The summed E-state index contributed by atoms with van der Waals surface area (Å²) in [5.41, 5.74) is 7.85. The summed E-state index contributed by atoms with van der Waals surface area (Å²) in [4.78, 5) is 17.9. The Morgan fingerprint density at radius 3 is 2.64 bits per heavy atom. The van der Waals surface area contributed by atoms with Crippen LogP contribution in [0, 0.1) is 6.92 Å². The molecule has 4 aromatic heterocycles. The summed E-state index contributed by atoms with van der Waals surface area (Å²) in [7, 11) is 0. The number of hydrogen-bond donors (Lipinski definition) is 2. The van der Waals surface area contributed by atoms with Crippen LogP contribution in [0.25, 0.3) is 44.2 Å². The van der Waals surface area contributed by atoms with Crippen LogP contribution in [0.4, 0.5) is 0 Å². The summed E-state index contributed by atoms with van der Waals surface area (Å²) in [6.07, 6.45) is 6.27. The highest BCUT2D eigenvalue weighted by molar-refractivity contribution is 6.10. The van der Waals surface area contributed by atoms with Gasteiger partial charge in [-0.1, -0.05) is 13.0 Å². The van der Waals surface area contributed by atoms with E-state index in [-0.39, 0.29) is 0 Å². The lowest BCUT2D eigenvalue weighted by Gasteiger charge is -2.04. The van der Waals surface area contributed by atoms with Gasteiger partial charge in [-0.05, 0) is 31.0 Å². The molecule has 0 radical (unpaired) electrons. The average Bonchev–Trinajstić information content (AvgIpc) is 3.25. The first kappa shape index (κ1) is 14.1. The molecule has 0 saturated carbocycles. The monoisotopic (exact) mass is 328 g/mol. The Morgan fingerprint density at radius 1 is 0.960 bits per heavy atom. The van der Waals surface area contributed by atoms with Gasteiger partial charge in [-0.3, -0.25) is 20.2 Å².